The van der Waals surface area contributed by atoms with Gasteiger partial charge in [0.1, 0.15) is 0 Å². The van der Waals surface area contributed by atoms with Gasteiger partial charge in [0.05, 0.1) is 13.2 Å². The molecule has 0 aromatic heterocycles. The summed E-state index contributed by atoms with van der Waals surface area (Å²) in [7, 11) is 1.68. The van der Waals surface area contributed by atoms with Gasteiger partial charge in [0.15, 0.2) is 0 Å². The minimum atomic E-state index is 0.149. The van der Waals surface area contributed by atoms with Crippen LogP contribution in [0.4, 0.5) is 5.69 Å². The summed E-state index contributed by atoms with van der Waals surface area (Å²) in [5, 5.41) is 9.00. The van der Waals surface area contributed by atoms with E-state index in [0.717, 1.165) is 28.8 Å². The molecule has 0 bridgehead atoms. The third kappa shape index (κ3) is 5.04. The quantitative estimate of drug-likeness (QED) is 0.749. The Kier molecular flexibility index (Phi) is 6.50. The third-order valence-electron chi connectivity index (χ3n) is 2.49. The van der Waals surface area contributed by atoms with Gasteiger partial charge in [-0.15, -0.1) is 0 Å². The number of benzene rings is 1. The van der Waals surface area contributed by atoms with Crippen LogP contribution in [0, 0.1) is 0 Å². The van der Waals surface area contributed by atoms with Crippen LogP contribution in [0.5, 0.6) is 0 Å². The van der Waals surface area contributed by atoms with Gasteiger partial charge in [-0.3, -0.25) is 4.90 Å². The first-order valence-electron chi connectivity index (χ1n) is 5.53. The van der Waals surface area contributed by atoms with Crippen LogP contribution in [-0.4, -0.2) is 43.4 Å². The number of nitrogens with zero attached hydrogens (tertiary/aromatic N) is 1. The van der Waals surface area contributed by atoms with Crippen LogP contribution in [0.25, 0.3) is 0 Å². The molecule has 0 aliphatic carbocycles. The summed E-state index contributed by atoms with van der Waals surface area (Å²) in [6, 6.07) is 5.91. The average Bonchev–Trinajstić information content (AvgIpc) is 2.31. The van der Waals surface area contributed by atoms with E-state index in [2.05, 4.69) is 20.8 Å². The zero-order valence-corrected chi connectivity index (χ0v) is 11.6. The van der Waals surface area contributed by atoms with Crippen LogP contribution < -0.4 is 5.73 Å². The number of hydrogen-bond acceptors (Lipinski definition) is 4. The fourth-order valence-corrected chi connectivity index (χ4v) is 1.83. The van der Waals surface area contributed by atoms with Crippen molar-refractivity contribution in [2.75, 3.05) is 39.1 Å². The zero-order valence-electron chi connectivity index (χ0n) is 10.0. The van der Waals surface area contributed by atoms with Crippen LogP contribution >= 0.6 is 15.9 Å². The molecule has 0 fully saturated rings. The van der Waals surface area contributed by atoms with Gasteiger partial charge in [0.2, 0.25) is 0 Å². The number of methoxy groups -OCH3 is 1. The fraction of sp³-hybridized carbons (Fsp3) is 0.500. The minimum Gasteiger partial charge on any atom is -0.398 e. The SMILES string of the molecule is COCCN(CCO)Cc1ccc(Br)c(N)c1. The second kappa shape index (κ2) is 7.66. The summed E-state index contributed by atoms with van der Waals surface area (Å²) in [6.45, 7) is 3.01. The average molecular weight is 303 g/mol. The predicted molar refractivity (Wildman–Crippen MR) is 72.8 cm³/mol. The molecule has 5 heteroatoms. The maximum atomic E-state index is 9.00. The molecule has 1 aromatic carbocycles. The number of nitrogen functional groups attached to an aromatic ring is 1. The highest BCUT2D eigenvalue weighted by Crippen LogP contribution is 2.20. The molecule has 96 valence electrons. The molecule has 0 saturated heterocycles. The molecule has 0 aliphatic rings. The van der Waals surface area contributed by atoms with Gasteiger partial charge in [-0.1, -0.05) is 6.07 Å². The standard InChI is InChI=1S/C12H19BrN2O2/c1-17-7-5-15(4-6-16)9-10-2-3-11(13)12(14)8-10/h2-3,8,16H,4-7,9,14H2,1H3. The van der Waals surface area contributed by atoms with Gasteiger partial charge in [0.25, 0.3) is 0 Å². The molecule has 1 rings (SSSR count). The van der Waals surface area contributed by atoms with Crippen LogP contribution in [-0.2, 0) is 11.3 Å². The Balaban J connectivity index is 2.61. The Hall–Kier alpha value is -0.620. The summed E-state index contributed by atoms with van der Waals surface area (Å²) >= 11 is 3.37. The number of rotatable bonds is 7. The number of aliphatic hydroxyl groups excluding tert-OH is 1. The summed E-state index contributed by atoms with van der Waals surface area (Å²) < 4.78 is 5.95. The molecular weight excluding hydrogens is 284 g/mol. The first-order chi connectivity index (χ1) is 8.17. The van der Waals surface area contributed by atoms with E-state index >= 15 is 0 Å². The monoisotopic (exact) mass is 302 g/mol. The molecule has 0 spiro atoms. The Labute approximate surface area is 110 Å². The molecule has 0 saturated carbocycles. The van der Waals surface area contributed by atoms with Gasteiger partial charge in [-0.05, 0) is 33.6 Å². The molecule has 17 heavy (non-hydrogen) atoms. The Morgan fingerprint density at radius 2 is 2.18 bits per heavy atom. The van der Waals surface area contributed by atoms with Crippen molar-refractivity contribution in [3.8, 4) is 0 Å². The highest BCUT2D eigenvalue weighted by molar-refractivity contribution is 9.10. The van der Waals surface area contributed by atoms with E-state index in [1.165, 1.54) is 0 Å². The predicted octanol–water partition coefficient (Wildman–Crippen LogP) is 1.47. The molecule has 0 atom stereocenters. The van der Waals surface area contributed by atoms with E-state index in [1.807, 2.05) is 18.2 Å². The first kappa shape index (κ1) is 14.4. The van der Waals surface area contributed by atoms with Crippen molar-refractivity contribution in [2.24, 2.45) is 0 Å². The molecule has 1 aromatic rings. The number of hydrogen-bond donors (Lipinski definition) is 2. The number of ether oxygens (including phenoxy) is 1. The van der Waals surface area contributed by atoms with Crippen molar-refractivity contribution in [1.29, 1.82) is 0 Å². The second-order valence-electron chi connectivity index (χ2n) is 3.85. The molecule has 4 nitrogen and oxygen atoms in total. The van der Waals surface area contributed by atoms with Gasteiger partial charge in [-0.2, -0.15) is 0 Å². The van der Waals surface area contributed by atoms with Crippen molar-refractivity contribution >= 4 is 21.6 Å². The smallest absolute Gasteiger partial charge is 0.0589 e. The van der Waals surface area contributed by atoms with Gasteiger partial charge in [-0.25, -0.2) is 0 Å². The van der Waals surface area contributed by atoms with Crippen molar-refractivity contribution in [3.63, 3.8) is 0 Å². The summed E-state index contributed by atoms with van der Waals surface area (Å²) in [4.78, 5) is 2.13. The summed E-state index contributed by atoms with van der Waals surface area (Å²) in [5.41, 5.74) is 7.70. The van der Waals surface area contributed by atoms with Crippen LogP contribution in [0.1, 0.15) is 5.56 Å². The lowest BCUT2D eigenvalue weighted by atomic mass is 10.2. The van der Waals surface area contributed by atoms with Gasteiger partial charge < -0.3 is 15.6 Å². The highest BCUT2D eigenvalue weighted by Gasteiger charge is 2.06. The number of nitrogens with two attached hydrogens (primary N) is 1. The maximum Gasteiger partial charge on any atom is 0.0589 e. The van der Waals surface area contributed by atoms with E-state index in [1.54, 1.807) is 7.11 Å². The minimum absolute atomic E-state index is 0.149. The first-order valence-corrected chi connectivity index (χ1v) is 6.32. The fourth-order valence-electron chi connectivity index (χ4n) is 1.58. The van der Waals surface area contributed by atoms with Crippen molar-refractivity contribution in [3.05, 3.63) is 28.2 Å². The maximum absolute atomic E-state index is 9.00. The summed E-state index contributed by atoms with van der Waals surface area (Å²) in [5.74, 6) is 0. The molecule has 0 heterocycles. The number of anilines is 1. The topological polar surface area (TPSA) is 58.7 Å². The van der Waals surface area contributed by atoms with Gasteiger partial charge in [0, 0.05) is 36.9 Å². The van der Waals surface area contributed by atoms with Crippen molar-refractivity contribution < 1.29 is 9.84 Å². The second-order valence-corrected chi connectivity index (χ2v) is 4.70. The summed E-state index contributed by atoms with van der Waals surface area (Å²) in [6.07, 6.45) is 0. The third-order valence-corrected chi connectivity index (χ3v) is 3.22. The molecule has 3 N–H and O–H groups in total. The molecule has 0 aliphatic heterocycles. The lowest BCUT2D eigenvalue weighted by Gasteiger charge is -2.21. The highest BCUT2D eigenvalue weighted by atomic mass is 79.9. The van der Waals surface area contributed by atoms with Crippen molar-refractivity contribution in [1.82, 2.24) is 4.90 Å². The Morgan fingerprint density at radius 3 is 2.76 bits per heavy atom. The van der Waals surface area contributed by atoms with Crippen molar-refractivity contribution in [2.45, 2.75) is 6.54 Å². The molecular formula is C12H19BrN2O2. The lowest BCUT2D eigenvalue weighted by molar-refractivity contribution is 0.127. The Bertz CT molecular complexity index is 347. The number of aliphatic hydroxyl groups is 1. The molecule has 0 amide bonds. The van der Waals surface area contributed by atoms with E-state index in [0.29, 0.717) is 13.2 Å². The largest absolute Gasteiger partial charge is 0.398 e. The van der Waals surface area contributed by atoms with Gasteiger partial charge >= 0.3 is 0 Å². The number of halogens is 1. The van der Waals surface area contributed by atoms with Crippen LogP contribution in [0.2, 0.25) is 0 Å². The Morgan fingerprint density at radius 1 is 1.41 bits per heavy atom. The van der Waals surface area contributed by atoms with E-state index < -0.39 is 0 Å². The lowest BCUT2D eigenvalue weighted by Crippen LogP contribution is -2.29. The van der Waals surface area contributed by atoms with Crippen LogP contribution in [0.3, 0.4) is 0 Å². The normalized spacial score (nSPS) is 11.1. The van der Waals surface area contributed by atoms with E-state index in [4.69, 9.17) is 15.6 Å². The van der Waals surface area contributed by atoms with E-state index in [-0.39, 0.29) is 6.61 Å². The zero-order chi connectivity index (χ0) is 12.7. The molecule has 0 unspecified atom stereocenters. The molecule has 0 radical (unpaired) electrons. The van der Waals surface area contributed by atoms with E-state index in [9.17, 15) is 0 Å². The van der Waals surface area contributed by atoms with Crippen LogP contribution in [0.15, 0.2) is 22.7 Å².